The molecule has 0 bridgehead atoms. The van der Waals surface area contributed by atoms with Gasteiger partial charge >= 0.3 is 5.97 Å². The van der Waals surface area contributed by atoms with Gasteiger partial charge < -0.3 is 14.2 Å². The van der Waals surface area contributed by atoms with Crippen molar-refractivity contribution >= 4 is 16.0 Å². The van der Waals surface area contributed by atoms with E-state index >= 15 is 0 Å². The number of methoxy groups -OCH3 is 1. The van der Waals surface area contributed by atoms with Crippen LogP contribution in [0.5, 0.6) is 11.5 Å². The summed E-state index contributed by atoms with van der Waals surface area (Å²) >= 11 is 0. The van der Waals surface area contributed by atoms with Crippen molar-refractivity contribution in [1.29, 1.82) is 0 Å². The van der Waals surface area contributed by atoms with Crippen molar-refractivity contribution in [2.24, 2.45) is 0 Å². The van der Waals surface area contributed by atoms with Gasteiger partial charge in [0.25, 0.3) is 0 Å². The van der Waals surface area contributed by atoms with Crippen LogP contribution in [0.25, 0.3) is 0 Å². The number of carbonyl (C=O) groups is 1. The van der Waals surface area contributed by atoms with Gasteiger partial charge in [0.15, 0.2) is 0 Å². The molecule has 0 heterocycles. The molecule has 0 unspecified atom stereocenters. The van der Waals surface area contributed by atoms with Gasteiger partial charge in [0.2, 0.25) is 10.0 Å². The predicted molar refractivity (Wildman–Crippen MR) is 101 cm³/mol. The van der Waals surface area contributed by atoms with Crippen LogP contribution >= 0.6 is 0 Å². The smallest absolute Gasteiger partial charge is 0.338 e. The Morgan fingerprint density at radius 2 is 1.70 bits per heavy atom. The number of sulfonamides is 1. The van der Waals surface area contributed by atoms with Crippen LogP contribution in [0, 0.1) is 6.92 Å². The number of ether oxygens (including phenoxy) is 3. The molecule has 27 heavy (non-hydrogen) atoms. The summed E-state index contributed by atoms with van der Waals surface area (Å²) in [5.41, 5.74) is 0.838. The second-order valence-electron chi connectivity index (χ2n) is 5.64. The molecule has 0 saturated carbocycles. The zero-order chi connectivity index (χ0) is 19.9. The molecular weight excluding hydrogens is 370 g/mol. The first-order valence-electron chi connectivity index (χ1n) is 8.41. The fourth-order valence-corrected chi connectivity index (χ4v) is 3.37. The summed E-state index contributed by atoms with van der Waals surface area (Å²) < 4.78 is 42.3. The minimum absolute atomic E-state index is 0.0244. The number of rotatable bonds is 9. The van der Waals surface area contributed by atoms with Gasteiger partial charge in [-0.15, -0.1) is 0 Å². The van der Waals surface area contributed by atoms with E-state index in [1.807, 2.05) is 0 Å². The van der Waals surface area contributed by atoms with Crippen molar-refractivity contribution in [3.63, 3.8) is 0 Å². The maximum Gasteiger partial charge on any atom is 0.338 e. The third-order valence-electron chi connectivity index (χ3n) is 3.72. The van der Waals surface area contributed by atoms with Crippen molar-refractivity contribution < 1.29 is 27.4 Å². The van der Waals surface area contributed by atoms with E-state index in [0.29, 0.717) is 11.3 Å². The Balaban J connectivity index is 1.95. The Labute approximate surface area is 159 Å². The van der Waals surface area contributed by atoms with Gasteiger partial charge in [-0.05, 0) is 48.9 Å². The number of hydrogen-bond donors (Lipinski definition) is 1. The van der Waals surface area contributed by atoms with Crippen molar-refractivity contribution in [2.75, 3.05) is 26.9 Å². The predicted octanol–water partition coefficient (Wildman–Crippen LogP) is 2.54. The number of hydrogen-bond acceptors (Lipinski definition) is 6. The van der Waals surface area contributed by atoms with E-state index in [2.05, 4.69) is 4.72 Å². The highest BCUT2D eigenvalue weighted by Gasteiger charge is 2.18. The van der Waals surface area contributed by atoms with Gasteiger partial charge in [0.05, 0.1) is 17.6 Å². The van der Waals surface area contributed by atoms with E-state index in [1.54, 1.807) is 51.3 Å². The van der Waals surface area contributed by atoms with Gasteiger partial charge in [-0.3, -0.25) is 0 Å². The fourth-order valence-electron chi connectivity index (χ4n) is 2.31. The van der Waals surface area contributed by atoms with E-state index in [9.17, 15) is 13.2 Å². The molecule has 1 N–H and O–H groups in total. The van der Waals surface area contributed by atoms with Gasteiger partial charge in [-0.25, -0.2) is 17.9 Å². The molecule has 0 aliphatic rings. The van der Waals surface area contributed by atoms with E-state index < -0.39 is 16.0 Å². The van der Waals surface area contributed by atoms with Crippen LogP contribution in [-0.2, 0) is 14.8 Å². The molecule has 0 radical (unpaired) electrons. The quantitative estimate of drug-likeness (QED) is 0.520. The molecule has 0 aliphatic carbocycles. The van der Waals surface area contributed by atoms with Gasteiger partial charge in [0.1, 0.15) is 24.7 Å². The molecule has 146 valence electrons. The Morgan fingerprint density at radius 3 is 2.33 bits per heavy atom. The van der Waals surface area contributed by atoms with E-state index in [1.165, 1.54) is 12.1 Å². The average Bonchev–Trinajstić information content (AvgIpc) is 2.65. The Kier molecular flexibility index (Phi) is 7.20. The standard InChI is InChI=1S/C19H23NO6S/c1-4-20-27(22,23)17-10-5-14(2)18(13-17)19(21)26-12-11-25-16-8-6-15(24-3)7-9-16/h5-10,13,20H,4,11-12H2,1-3H3. The van der Waals surface area contributed by atoms with Crippen LogP contribution < -0.4 is 14.2 Å². The van der Waals surface area contributed by atoms with Crippen molar-refractivity contribution in [3.05, 3.63) is 53.6 Å². The molecular formula is C19H23NO6S. The maximum atomic E-state index is 12.3. The highest BCUT2D eigenvalue weighted by atomic mass is 32.2. The first-order chi connectivity index (χ1) is 12.9. The number of carbonyl (C=O) groups excluding carboxylic acids is 1. The first kappa shape index (κ1) is 20.7. The normalized spacial score (nSPS) is 11.1. The first-order valence-corrected chi connectivity index (χ1v) is 9.90. The van der Waals surface area contributed by atoms with Crippen LogP contribution in [0.15, 0.2) is 47.4 Å². The van der Waals surface area contributed by atoms with Crippen LogP contribution in [0.3, 0.4) is 0 Å². The summed E-state index contributed by atoms with van der Waals surface area (Å²) in [5, 5.41) is 0. The van der Waals surface area contributed by atoms with Crippen LogP contribution in [0.2, 0.25) is 0 Å². The van der Waals surface area contributed by atoms with Crippen molar-refractivity contribution in [2.45, 2.75) is 18.7 Å². The lowest BCUT2D eigenvalue weighted by atomic mass is 10.1. The molecule has 8 heteroatoms. The Bertz CT molecular complexity index is 878. The van der Waals surface area contributed by atoms with E-state index in [4.69, 9.17) is 14.2 Å². The van der Waals surface area contributed by atoms with Crippen LogP contribution in [0.4, 0.5) is 0 Å². The lowest BCUT2D eigenvalue weighted by molar-refractivity contribution is 0.0449. The molecule has 0 saturated heterocycles. The topological polar surface area (TPSA) is 90.9 Å². The minimum atomic E-state index is -3.64. The zero-order valence-electron chi connectivity index (χ0n) is 15.5. The highest BCUT2D eigenvalue weighted by Crippen LogP contribution is 2.18. The molecule has 0 atom stereocenters. The maximum absolute atomic E-state index is 12.3. The summed E-state index contributed by atoms with van der Waals surface area (Å²) in [4.78, 5) is 12.3. The molecule has 0 amide bonds. The molecule has 0 fully saturated rings. The van der Waals surface area contributed by atoms with Crippen LogP contribution in [-0.4, -0.2) is 41.3 Å². The highest BCUT2D eigenvalue weighted by molar-refractivity contribution is 7.89. The average molecular weight is 393 g/mol. The van der Waals surface area contributed by atoms with Gasteiger partial charge in [-0.2, -0.15) is 0 Å². The lowest BCUT2D eigenvalue weighted by Gasteiger charge is -2.11. The zero-order valence-corrected chi connectivity index (χ0v) is 16.3. The van der Waals surface area contributed by atoms with E-state index in [0.717, 1.165) is 5.75 Å². The number of esters is 1. The number of nitrogens with one attached hydrogen (secondary N) is 1. The molecule has 7 nitrogen and oxygen atoms in total. The third kappa shape index (κ3) is 5.70. The molecule has 0 aromatic heterocycles. The Hall–Kier alpha value is -2.58. The van der Waals surface area contributed by atoms with E-state index in [-0.39, 0.29) is 30.2 Å². The lowest BCUT2D eigenvalue weighted by Crippen LogP contribution is -2.23. The molecule has 2 rings (SSSR count). The minimum Gasteiger partial charge on any atom is -0.497 e. The molecule has 2 aromatic rings. The fraction of sp³-hybridized carbons (Fsp3) is 0.316. The summed E-state index contributed by atoms with van der Waals surface area (Å²) in [6.45, 7) is 3.87. The van der Waals surface area contributed by atoms with Crippen molar-refractivity contribution in [3.8, 4) is 11.5 Å². The molecule has 0 aliphatic heterocycles. The summed E-state index contributed by atoms with van der Waals surface area (Å²) in [5.74, 6) is 0.748. The SMILES string of the molecule is CCNS(=O)(=O)c1ccc(C)c(C(=O)OCCOc2ccc(OC)cc2)c1. The second-order valence-corrected chi connectivity index (χ2v) is 7.40. The third-order valence-corrected chi connectivity index (χ3v) is 5.26. The summed E-state index contributed by atoms with van der Waals surface area (Å²) in [6, 6.07) is 11.4. The van der Waals surface area contributed by atoms with Crippen molar-refractivity contribution in [1.82, 2.24) is 4.72 Å². The monoisotopic (exact) mass is 393 g/mol. The largest absolute Gasteiger partial charge is 0.497 e. The summed E-state index contributed by atoms with van der Waals surface area (Å²) in [7, 11) is -2.06. The summed E-state index contributed by atoms with van der Waals surface area (Å²) in [6.07, 6.45) is 0. The van der Waals surface area contributed by atoms with Gasteiger partial charge in [0, 0.05) is 6.54 Å². The molecule has 2 aromatic carbocycles. The molecule has 0 spiro atoms. The second kappa shape index (κ2) is 9.38. The van der Waals surface area contributed by atoms with Crippen LogP contribution in [0.1, 0.15) is 22.8 Å². The van der Waals surface area contributed by atoms with Gasteiger partial charge in [-0.1, -0.05) is 13.0 Å². The Morgan fingerprint density at radius 1 is 1.04 bits per heavy atom. The number of benzene rings is 2. The number of aryl methyl sites for hydroxylation is 1.